The highest BCUT2D eigenvalue weighted by atomic mass is 15.0. The molecule has 0 spiro atoms. The van der Waals surface area contributed by atoms with Crippen LogP contribution in [0.15, 0.2) is 120 Å². The topological polar surface area (TPSA) is 46.1 Å². The zero-order valence-electron chi connectivity index (χ0n) is 27.6. The lowest BCUT2D eigenvalue weighted by atomic mass is 10.0. The minimum Gasteiger partial charge on any atom is -0.312 e. The molecule has 0 saturated heterocycles. The van der Waals surface area contributed by atoms with Crippen molar-refractivity contribution in [3.8, 4) is 5.69 Å². The Morgan fingerprint density at radius 2 is 1.53 bits per heavy atom. The van der Waals surface area contributed by atoms with Gasteiger partial charge in [-0.3, -0.25) is 4.99 Å². The normalized spacial score (nSPS) is 12.8. The van der Waals surface area contributed by atoms with Crippen LogP contribution in [0, 0.1) is 5.41 Å². The van der Waals surface area contributed by atoms with Crippen LogP contribution in [0.1, 0.15) is 64.9 Å². The summed E-state index contributed by atoms with van der Waals surface area (Å²) in [5.41, 5.74) is 10.6. The van der Waals surface area contributed by atoms with Crippen molar-refractivity contribution in [2.45, 2.75) is 60.8 Å². The number of nitrogens with one attached hydrogen (secondary N) is 1. The predicted molar refractivity (Wildman–Crippen MR) is 199 cm³/mol. The largest absolute Gasteiger partial charge is 0.312 e. The molecule has 5 aromatic rings. The Kier molecular flexibility index (Phi) is 11.9. The molecule has 0 radical (unpaired) electrons. The number of para-hydroxylation sites is 2. The standard InChI is InChI=1S/C37H34N4.2C2H6/c1-3-34-37(39-4-2)33-15-6-8-17-36(33)41(34)30-13-9-11-27(18-21-30)25-28-19-22-31(23-20-28)40-32(14-10-24-38)26-29-12-5-7-16-35(29)40;2*1-2/h4-8,10-24,26,38H,3,9,25H2,1-2H3;2*1-2H3/b14-10-,38-24?,39-4?;;. The highest BCUT2D eigenvalue weighted by Crippen LogP contribution is 2.37. The summed E-state index contributed by atoms with van der Waals surface area (Å²) in [6.45, 7) is 12.2. The summed E-state index contributed by atoms with van der Waals surface area (Å²) in [6, 6.07) is 28.0. The van der Waals surface area contributed by atoms with Crippen LogP contribution in [0.4, 0.5) is 5.69 Å². The Morgan fingerprint density at radius 3 is 2.24 bits per heavy atom. The van der Waals surface area contributed by atoms with Crippen molar-refractivity contribution in [1.29, 1.82) is 5.41 Å². The van der Waals surface area contributed by atoms with Gasteiger partial charge in [0.1, 0.15) is 0 Å². The molecule has 4 nitrogen and oxygen atoms in total. The van der Waals surface area contributed by atoms with Crippen LogP contribution in [-0.2, 0) is 12.8 Å². The maximum atomic E-state index is 7.42. The predicted octanol–water partition coefficient (Wildman–Crippen LogP) is 11.6. The first kappa shape index (κ1) is 32.9. The first-order valence-corrected chi connectivity index (χ1v) is 16.3. The third-order valence-corrected chi connectivity index (χ3v) is 7.68. The molecule has 2 heterocycles. The number of nitrogens with zero attached hydrogens (tertiary/aromatic N) is 3. The van der Waals surface area contributed by atoms with Gasteiger partial charge in [-0.2, -0.15) is 0 Å². The molecule has 6 rings (SSSR count). The second-order valence-electron chi connectivity index (χ2n) is 10.2. The van der Waals surface area contributed by atoms with Gasteiger partial charge in [-0.25, -0.2) is 0 Å². The van der Waals surface area contributed by atoms with Gasteiger partial charge < -0.3 is 14.5 Å². The van der Waals surface area contributed by atoms with Crippen LogP contribution in [0.3, 0.4) is 0 Å². The summed E-state index contributed by atoms with van der Waals surface area (Å²) < 4.78 is 4.63. The number of aliphatic imine (C=N–C) groups is 1. The molecule has 4 heteroatoms. The van der Waals surface area contributed by atoms with E-state index in [9.17, 15) is 0 Å². The van der Waals surface area contributed by atoms with Gasteiger partial charge in [-0.05, 0) is 85.9 Å². The molecule has 1 N–H and O–H groups in total. The zero-order chi connectivity index (χ0) is 32.2. The van der Waals surface area contributed by atoms with Gasteiger partial charge in [0, 0.05) is 46.0 Å². The quantitative estimate of drug-likeness (QED) is 0.174. The van der Waals surface area contributed by atoms with Gasteiger partial charge in [-0.15, -0.1) is 0 Å². The molecule has 0 saturated carbocycles. The van der Waals surface area contributed by atoms with Crippen LogP contribution < -0.4 is 0 Å². The molecule has 230 valence electrons. The van der Waals surface area contributed by atoms with Gasteiger partial charge in [0.05, 0.1) is 16.7 Å². The Balaban J connectivity index is 0.00000111. The minimum atomic E-state index is 0.878. The van der Waals surface area contributed by atoms with Gasteiger partial charge in [0.25, 0.3) is 0 Å². The molecule has 0 fully saturated rings. The van der Waals surface area contributed by atoms with Gasteiger partial charge in [-0.1, -0.05) is 101 Å². The molecule has 1 aliphatic rings. The number of rotatable bonds is 8. The van der Waals surface area contributed by atoms with E-state index in [1.165, 1.54) is 45.0 Å². The first-order chi connectivity index (χ1) is 22.2. The van der Waals surface area contributed by atoms with Crippen molar-refractivity contribution < 1.29 is 0 Å². The Bertz CT molecular complexity index is 1890. The van der Waals surface area contributed by atoms with Crippen molar-refractivity contribution in [3.63, 3.8) is 0 Å². The summed E-state index contributed by atoms with van der Waals surface area (Å²) in [6.07, 6.45) is 18.8. The number of benzene rings is 3. The fraction of sp³-hybridized carbons (Fsp3) is 0.220. The maximum absolute atomic E-state index is 7.42. The van der Waals surface area contributed by atoms with Crippen molar-refractivity contribution >= 4 is 51.7 Å². The fourth-order valence-corrected chi connectivity index (χ4v) is 5.86. The number of hydrogen-bond donors (Lipinski definition) is 1. The Labute approximate surface area is 269 Å². The second kappa shape index (κ2) is 16.2. The minimum absolute atomic E-state index is 0.878. The van der Waals surface area contributed by atoms with E-state index in [-0.39, 0.29) is 0 Å². The SMILES string of the molecule is CC.CC.CC=Nc1c(CC)n(C2=CCC=C(Cc3ccc(-n4c(/C=C\C=N)cc5ccccc54)cc3)C=C2)c2ccccc12. The molecule has 0 unspecified atom stereocenters. The molecule has 0 aliphatic heterocycles. The molecule has 0 bridgehead atoms. The zero-order valence-corrected chi connectivity index (χ0v) is 27.6. The molecule has 45 heavy (non-hydrogen) atoms. The van der Waals surface area contributed by atoms with E-state index in [0.717, 1.165) is 41.8 Å². The average molecular weight is 595 g/mol. The van der Waals surface area contributed by atoms with E-state index >= 15 is 0 Å². The summed E-state index contributed by atoms with van der Waals surface area (Å²) >= 11 is 0. The summed E-state index contributed by atoms with van der Waals surface area (Å²) in [4.78, 5) is 4.75. The van der Waals surface area contributed by atoms with Crippen molar-refractivity contribution in [1.82, 2.24) is 9.13 Å². The molecule has 2 aromatic heterocycles. The van der Waals surface area contributed by atoms with Crippen LogP contribution in [0.2, 0.25) is 0 Å². The summed E-state index contributed by atoms with van der Waals surface area (Å²) in [5, 5.41) is 9.80. The Morgan fingerprint density at radius 1 is 0.822 bits per heavy atom. The van der Waals surface area contributed by atoms with E-state index in [0.29, 0.717) is 0 Å². The van der Waals surface area contributed by atoms with Crippen LogP contribution in [0.25, 0.3) is 39.3 Å². The van der Waals surface area contributed by atoms with E-state index < -0.39 is 0 Å². The molecule has 0 atom stereocenters. The Hall–Kier alpha value is -4.96. The van der Waals surface area contributed by atoms with E-state index in [1.807, 2.05) is 46.9 Å². The monoisotopic (exact) mass is 594 g/mol. The van der Waals surface area contributed by atoms with Gasteiger partial charge in [0.15, 0.2) is 0 Å². The molecule has 1 aliphatic carbocycles. The lowest BCUT2D eigenvalue weighted by molar-refractivity contribution is 0.978. The number of allylic oxidation sites excluding steroid dienone is 7. The molecule has 3 aromatic carbocycles. The fourth-order valence-electron chi connectivity index (χ4n) is 5.86. The highest BCUT2D eigenvalue weighted by molar-refractivity contribution is 5.98. The molecule has 0 amide bonds. The smallest absolute Gasteiger partial charge is 0.0917 e. The van der Waals surface area contributed by atoms with Crippen LogP contribution in [-0.4, -0.2) is 21.6 Å². The third-order valence-electron chi connectivity index (χ3n) is 7.68. The molecular formula is C41H46N4. The lowest BCUT2D eigenvalue weighted by Gasteiger charge is -2.11. The van der Waals surface area contributed by atoms with Crippen LogP contribution >= 0.6 is 0 Å². The maximum Gasteiger partial charge on any atom is 0.0917 e. The second-order valence-corrected chi connectivity index (χ2v) is 10.2. The number of fused-ring (bicyclic) bond motifs is 2. The van der Waals surface area contributed by atoms with E-state index in [4.69, 9.17) is 10.4 Å². The van der Waals surface area contributed by atoms with Crippen molar-refractivity contribution in [2.75, 3.05) is 0 Å². The van der Waals surface area contributed by atoms with Gasteiger partial charge in [0.2, 0.25) is 0 Å². The van der Waals surface area contributed by atoms with E-state index in [1.54, 1.807) is 6.08 Å². The summed E-state index contributed by atoms with van der Waals surface area (Å²) in [5.74, 6) is 0. The molecular weight excluding hydrogens is 548 g/mol. The first-order valence-electron chi connectivity index (χ1n) is 16.3. The van der Waals surface area contributed by atoms with Crippen molar-refractivity contribution in [3.05, 3.63) is 132 Å². The lowest BCUT2D eigenvalue weighted by Crippen LogP contribution is -2.00. The van der Waals surface area contributed by atoms with Crippen molar-refractivity contribution in [2.24, 2.45) is 4.99 Å². The van der Waals surface area contributed by atoms with E-state index in [2.05, 4.69) is 119 Å². The highest BCUT2D eigenvalue weighted by Gasteiger charge is 2.17. The number of aromatic nitrogens is 2. The third kappa shape index (κ3) is 7.07. The number of hydrogen-bond acceptors (Lipinski definition) is 2. The van der Waals surface area contributed by atoms with Gasteiger partial charge >= 0.3 is 0 Å². The van der Waals surface area contributed by atoms with Crippen LogP contribution in [0.5, 0.6) is 0 Å². The average Bonchev–Trinajstić information content (AvgIpc) is 3.52. The summed E-state index contributed by atoms with van der Waals surface area (Å²) in [7, 11) is 0.